The zero-order valence-electron chi connectivity index (χ0n) is 10.3. The van der Waals surface area contributed by atoms with E-state index in [4.69, 9.17) is 12.2 Å². The van der Waals surface area contributed by atoms with Crippen molar-refractivity contribution in [3.63, 3.8) is 0 Å². The summed E-state index contributed by atoms with van der Waals surface area (Å²) < 4.78 is 13.8. The van der Waals surface area contributed by atoms with Gasteiger partial charge >= 0.3 is 0 Å². The second-order valence-electron chi connectivity index (χ2n) is 4.41. The number of rotatable bonds is 2. The van der Waals surface area contributed by atoms with E-state index >= 15 is 0 Å². The minimum Gasteiger partial charge on any atom is -0.398 e. The summed E-state index contributed by atoms with van der Waals surface area (Å²) in [6.07, 6.45) is 8.64. The van der Waals surface area contributed by atoms with Crippen molar-refractivity contribution in [1.82, 2.24) is 9.78 Å². The molecule has 0 spiro atoms. The molecule has 5 heteroatoms. The van der Waals surface area contributed by atoms with E-state index in [-0.39, 0.29) is 0 Å². The smallest absolute Gasteiger partial charge is 0.111 e. The summed E-state index contributed by atoms with van der Waals surface area (Å²) in [5.74, 6) is 2.51. The van der Waals surface area contributed by atoms with Crippen LogP contribution in [0.4, 0.5) is 5.69 Å². The maximum absolute atomic E-state index is 12.1. The molecule has 0 aliphatic carbocycles. The lowest BCUT2D eigenvalue weighted by atomic mass is 10.3. The third kappa shape index (κ3) is 2.32. The molecule has 1 heterocycles. The SMILES string of the molecule is C#Cc1cnn(-c2ccc(N)c(P(C)(C)=O)c2)c1. The molecule has 2 rings (SSSR count). The molecule has 18 heavy (non-hydrogen) atoms. The average Bonchev–Trinajstić information content (AvgIpc) is 2.76. The Morgan fingerprint density at radius 3 is 2.72 bits per heavy atom. The topological polar surface area (TPSA) is 60.9 Å². The monoisotopic (exact) mass is 259 g/mol. The lowest BCUT2D eigenvalue weighted by Crippen LogP contribution is -2.11. The number of nitrogens with zero attached hydrogens (tertiary/aromatic N) is 2. The van der Waals surface area contributed by atoms with Gasteiger partial charge in [-0.25, -0.2) is 4.68 Å². The molecule has 92 valence electrons. The number of anilines is 1. The van der Waals surface area contributed by atoms with Crippen LogP contribution in [-0.2, 0) is 4.57 Å². The fourth-order valence-electron chi connectivity index (χ4n) is 1.68. The molecule has 0 radical (unpaired) electrons. The van der Waals surface area contributed by atoms with Gasteiger partial charge in [0.2, 0.25) is 0 Å². The van der Waals surface area contributed by atoms with Crippen LogP contribution in [0.25, 0.3) is 5.69 Å². The number of hydrogen-bond donors (Lipinski definition) is 1. The number of nitrogens with two attached hydrogens (primary N) is 1. The summed E-state index contributed by atoms with van der Waals surface area (Å²) in [6.45, 7) is 3.39. The van der Waals surface area contributed by atoms with Crippen LogP contribution in [0.1, 0.15) is 5.56 Å². The Balaban J connectivity index is 2.54. The Kier molecular flexibility index (Phi) is 3.02. The van der Waals surface area contributed by atoms with Crippen molar-refractivity contribution in [2.45, 2.75) is 0 Å². The minimum absolute atomic E-state index is 0.538. The number of nitrogen functional groups attached to an aromatic ring is 1. The Morgan fingerprint density at radius 2 is 2.17 bits per heavy atom. The van der Waals surface area contributed by atoms with Crippen LogP contribution < -0.4 is 11.0 Å². The van der Waals surface area contributed by atoms with Gasteiger partial charge in [0.15, 0.2) is 0 Å². The molecule has 0 saturated carbocycles. The van der Waals surface area contributed by atoms with Gasteiger partial charge in [-0.3, -0.25) is 0 Å². The predicted octanol–water partition coefficient (Wildman–Crippen LogP) is 1.68. The third-order valence-electron chi connectivity index (χ3n) is 2.61. The normalized spacial score (nSPS) is 11.2. The van der Waals surface area contributed by atoms with Crippen LogP contribution >= 0.6 is 7.14 Å². The zero-order chi connectivity index (χ0) is 13.3. The van der Waals surface area contributed by atoms with Crippen molar-refractivity contribution in [2.24, 2.45) is 0 Å². The van der Waals surface area contributed by atoms with E-state index in [0.717, 1.165) is 5.69 Å². The fourth-order valence-corrected chi connectivity index (χ4v) is 2.82. The molecule has 2 N–H and O–H groups in total. The van der Waals surface area contributed by atoms with Crippen molar-refractivity contribution in [3.05, 3.63) is 36.2 Å². The maximum atomic E-state index is 12.1. The maximum Gasteiger partial charge on any atom is 0.111 e. The van der Waals surface area contributed by atoms with Crippen molar-refractivity contribution in [1.29, 1.82) is 0 Å². The van der Waals surface area contributed by atoms with E-state index < -0.39 is 7.14 Å². The van der Waals surface area contributed by atoms with E-state index in [1.54, 1.807) is 42.5 Å². The van der Waals surface area contributed by atoms with Crippen LogP contribution in [0.5, 0.6) is 0 Å². The van der Waals surface area contributed by atoms with Gasteiger partial charge < -0.3 is 10.3 Å². The van der Waals surface area contributed by atoms with Crippen LogP contribution in [0, 0.1) is 12.3 Å². The molecule has 0 saturated heterocycles. The molecule has 0 atom stereocenters. The summed E-state index contributed by atoms with van der Waals surface area (Å²) in [4.78, 5) is 0. The first-order chi connectivity index (χ1) is 8.41. The van der Waals surface area contributed by atoms with Crippen LogP contribution in [-0.4, -0.2) is 23.1 Å². The zero-order valence-corrected chi connectivity index (χ0v) is 11.2. The highest BCUT2D eigenvalue weighted by atomic mass is 31.2. The first-order valence-corrected chi connectivity index (χ1v) is 7.98. The third-order valence-corrected chi connectivity index (χ3v) is 4.16. The summed E-state index contributed by atoms with van der Waals surface area (Å²) in [5, 5.41) is 4.82. The van der Waals surface area contributed by atoms with Gasteiger partial charge in [-0.05, 0) is 31.5 Å². The molecule has 1 aromatic carbocycles. The van der Waals surface area contributed by atoms with Gasteiger partial charge in [-0.1, -0.05) is 5.92 Å². The molecule has 1 aromatic heterocycles. The second-order valence-corrected chi connectivity index (χ2v) is 7.60. The lowest BCUT2D eigenvalue weighted by Gasteiger charge is -2.12. The molecular weight excluding hydrogens is 245 g/mol. The van der Waals surface area contributed by atoms with Crippen molar-refractivity contribution in [3.8, 4) is 18.0 Å². The molecule has 0 aliphatic heterocycles. The summed E-state index contributed by atoms with van der Waals surface area (Å²) in [7, 11) is -2.41. The van der Waals surface area contributed by atoms with Crippen molar-refractivity contribution >= 4 is 18.1 Å². The number of benzene rings is 1. The number of terminal acetylenes is 1. The molecular formula is C13H14N3OP. The van der Waals surface area contributed by atoms with E-state index in [0.29, 0.717) is 16.6 Å². The first kappa shape index (κ1) is 12.5. The van der Waals surface area contributed by atoms with Gasteiger partial charge in [0.25, 0.3) is 0 Å². The predicted molar refractivity (Wildman–Crippen MR) is 75.0 cm³/mol. The van der Waals surface area contributed by atoms with E-state index in [1.165, 1.54) is 0 Å². The minimum atomic E-state index is -2.41. The van der Waals surface area contributed by atoms with Gasteiger partial charge in [0, 0.05) is 17.2 Å². The van der Waals surface area contributed by atoms with Crippen molar-refractivity contribution < 1.29 is 4.57 Å². The molecule has 0 amide bonds. The Bertz CT molecular complexity index is 676. The Morgan fingerprint density at radius 1 is 1.44 bits per heavy atom. The van der Waals surface area contributed by atoms with E-state index in [1.807, 2.05) is 6.07 Å². The van der Waals surface area contributed by atoms with E-state index in [9.17, 15) is 4.57 Å². The molecule has 2 aromatic rings. The summed E-state index contributed by atoms with van der Waals surface area (Å²) in [6, 6.07) is 5.35. The fraction of sp³-hybridized carbons (Fsp3) is 0.154. The molecule has 0 unspecified atom stereocenters. The second kappa shape index (κ2) is 4.36. The standard InChI is InChI=1S/C13H14N3OP/c1-4-10-8-15-16(9-10)11-5-6-12(14)13(7-11)18(2,3)17/h1,5-9H,14H2,2-3H3. The van der Waals surface area contributed by atoms with Gasteiger partial charge in [-0.15, -0.1) is 6.42 Å². The Labute approximate surface area is 106 Å². The highest BCUT2D eigenvalue weighted by Gasteiger charge is 2.15. The van der Waals surface area contributed by atoms with Gasteiger partial charge in [0.1, 0.15) is 7.14 Å². The van der Waals surface area contributed by atoms with Crippen LogP contribution in [0.15, 0.2) is 30.6 Å². The number of hydrogen-bond acceptors (Lipinski definition) is 3. The first-order valence-electron chi connectivity index (χ1n) is 5.38. The van der Waals surface area contributed by atoms with Gasteiger partial charge in [0.05, 0.1) is 17.4 Å². The summed E-state index contributed by atoms with van der Waals surface area (Å²) in [5.41, 5.74) is 7.88. The molecule has 0 aliphatic rings. The molecule has 0 bridgehead atoms. The highest BCUT2D eigenvalue weighted by molar-refractivity contribution is 7.70. The highest BCUT2D eigenvalue weighted by Crippen LogP contribution is 2.37. The van der Waals surface area contributed by atoms with E-state index in [2.05, 4.69) is 11.0 Å². The molecule has 0 fully saturated rings. The quantitative estimate of drug-likeness (QED) is 0.507. The van der Waals surface area contributed by atoms with Crippen LogP contribution in [0.3, 0.4) is 0 Å². The lowest BCUT2D eigenvalue weighted by molar-refractivity contribution is 0.588. The molecule has 4 nitrogen and oxygen atoms in total. The largest absolute Gasteiger partial charge is 0.398 e. The van der Waals surface area contributed by atoms with Gasteiger partial charge in [-0.2, -0.15) is 5.10 Å². The van der Waals surface area contributed by atoms with Crippen LogP contribution in [0.2, 0.25) is 0 Å². The average molecular weight is 259 g/mol. The van der Waals surface area contributed by atoms with Crippen molar-refractivity contribution in [2.75, 3.05) is 19.1 Å². The number of aromatic nitrogens is 2. The summed E-state index contributed by atoms with van der Waals surface area (Å²) >= 11 is 0. The Hall–Kier alpha value is -1.98.